The Balaban J connectivity index is 1.43. The van der Waals surface area contributed by atoms with Crippen molar-refractivity contribution in [1.29, 1.82) is 0 Å². The number of nitrogens with one attached hydrogen (secondary N) is 2. The lowest BCUT2D eigenvalue weighted by Gasteiger charge is -2.34. The monoisotopic (exact) mass is 335 g/mol. The fourth-order valence-electron chi connectivity index (χ4n) is 3.33. The summed E-state index contributed by atoms with van der Waals surface area (Å²) in [4.78, 5) is 12.9. The first-order valence-corrected chi connectivity index (χ1v) is 8.94. The van der Waals surface area contributed by atoms with Crippen LogP contribution in [0.2, 0.25) is 0 Å². The van der Waals surface area contributed by atoms with E-state index >= 15 is 0 Å². The maximum absolute atomic E-state index is 4.68. The standard InChI is InChI=1S/C20H25N5/c1-15(20-22-18-5-3-4-6-19(18)23-20)21-16-7-9-17(10-8-16)25-13-11-24(2)12-14-25/h3-10,15,21H,11-14H2,1-2H3,(H,22,23). The van der Waals surface area contributed by atoms with E-state index in [9.17, 15) is 0 Å². The summed E-state index contributed by atoms with van der Waals surface area (Å²) in [6, 6.07) is 17.0. The highest BCUT2D eigenvalue weighted by Gasteiger charge is 2.14. The average Bonchev–Trinajstić information content (AvgIpc) is 3.07. The number of likely N-dealkylation sites (N-methyl/N-ethyl adjacent to an activating group) is 1. The van der Waals surface area contributed by atoms with Crippen LogP contribution in [-0.4, -0.2) is 48.1 Å². The molecule has 4 rings (SSSR count). The predicted molar refractivity (Wildman–Crippen MR) is 104 cm³/mol. The molecule has 0 aliphatic carbocycles. The zero-order valence-electron chi connectivity index (χ0n) is 14.9. The Morgan fingerprint density at radius 1 is 1.00 bits per heavy atom. The number of piperazine rings is 1. The van der Waals surface area contributed by atoms with Gasteiger partial charge in [-0.25, -0.2) is 4.98 Å². The van der Waals surface area contributed by atoms with Crippen molar-refractivity contribution < 1.29 is 0 Å². The van der Waals surface area contributed by atoms with Crippen LogP contribution in [0, 0.1) is 0 Å². The van der Waals surface area contributed by atoms with Crippen molar-refractivity contribution in [3.63, 3.8) is 0 Å². The van der Waals surface area contributed by atoms with Crippen LogP contribution in [0.4, 0.5) is 11.4 Å². The van der Waals surface area contributed by atoms with Crippen LogP contribution < -0.4 is 10.2 Å². The van der Waals surface area contributed by atoms with E-state index in [0.29, 0.717) is 0 Å². The minimum atomic E-state index is 0.127. The molecule has 130 valence electrons. The maximum Gasteiger partial charge on any atom is 0.129 e. The van der Waals surface area contributed by atoms with Gasteiger partial charge in [-0.3, -0.25) is 0 Å². The number of imidazole rings is 1. The number of hydrogen-bond donors (Lipinski definition) is 2. The van der Waals surface area contributed by atoms with Crippen LogP contribution in [-0.2, 0) is 0 Å². The third-order valence-corrected chi connectivity index (χ3v) is 4.94. The third-order valence-electron chi connectivity index (χ3n) is 4.94. The van der Waals surface area contributed by atoms with Gasteiger partial charge in [-0.05, 0) is 50.4 Å². The van der Waals surface area contributed by atoms with Crippen molar-refractivity contribution >= 4 is 22.4 Å². The number of fused-ring (bicyclic) bond motifs is 1. The van der Waals surface area contributed by atoms with Gasteiger partial charge in [0.15, 0.2) is 0 Å². The average molecular weight is 335 g/mol. The summed E-state index contributed by atoms with van der Waals surface area (Å²) in [6.07, 6.45) is 0. The van der Waals surface area contributed by atoms with E-state index in [2.05, 4.69) is 69.4 Å². The molecular formula is C20H25N5. The molecule has 1 unspecified atom stereocenters. The SMILES string of the molecule is CC(Nc1ccc(N2CCN(C)CC2)cc1)c1nc2ccccc2[nH]1. The zero-order chi connectivity index (χ0) is 17.2. The largest absolute Gasteiger partial charge is 0.375 e. The summed E-state index contributed by atoms with van der Waals surface area (Å²) in [5.41, 5.74) is 4.51. The van der Waals surface area contributed by atoms with Crippen molar-refractivity contribution in [2.45, 2.75) is 13.0 Å². The molecule has 1 saturated heterocycles. The first-order valence-electron chi connectivity index (χ1n) is 8.94. The topological polar surface area (TPSA) is 47.2 Å². The molecule has 1 aliphatic heterocycles. The van der Waals surface area contributed by atoms with Gasteiger partial charge in [-0.15, -0.1) is 0 Å². The molecule has 25 heavy (non-hydrogen) atoms. The van der Waals surface area contributed by atoms with Crippen LogP contribution in [0.1, 0.15) is 18.8 Å². The molecule has 1 fully saturated rings. The first kappa shape index (κ1) is 16.0. The van der Waals surface area contributed by atoms with Crippen LogP contribution in [0.5, 0.6) is 0 Å². The number of benzene rings is 2. The molecule has 3 aromatic rings. The molecular weight excluding hydrogens is 310 g/mol. The number of rotatable bonds is 4. The number of anilines is 2. The second-order valence-electron chi connectivity index (χ2n) is 6.84. The van der Waals surface area contributed by atoms with Gasteiger partial charge in [-0.2, -0.15) is 0 Å². The molecule has 1 aliphatic rings. The zero-order valence-corrected chi connectivity index (χ0v) is 14.9. The van der Waals surface area contributed by atoms with E-state index < -0.39 is 0 Å². The molecule has 5 heteroatoms. The maximum atomic E-state index is 4.68. The molecule has 0 amide bonds. The number of para-hydroxylation sites is 2. The van der Waals surface area contributed by atoms with E-state index in [0.717, 1.165) is 48.7 Å². The highest BCUT2D eigenvalue weighted by atomic mass is 15.2. The molecule has 2 aromatic carbocycles. The van der Waals surface area contributed by atoms with Crippen LogP contribution >= 0.6 is 0 Å². The van der Waals surface area contributed by atoms with Gasteiger partial charge in [0.2, 0.25) is 0 Å². The van der Waals surface area contributed by atoms with E-state index in [-0.39, 0.29) is 6.04 Å². The summed E-state index contributed by atoms with van der Waals surface area (Å²) >= 11 is 0. The third kappa shape index (κ3) is 3.46. The Morgan fingerprint density at radius 3 is 2.44 bits per heavy atom. The van der Waals surface area contributed by atoms with E-state index in [1.54, 1.807) is 0 Å². The molecule has 0 saturated carbocycles. The van der Waals surface area contributed by atoms with Gasteiger partial charge in [-0.1, -0.05) is 12.1 Å². The second kappa shape index (κ2) is 6.76. The normalized spacial score (nSPS) is 17.0. The summed E-state index contributed by atoms with van der Waals surface area (Å²) in [6.45, 7) is 6.58. The Labute approximate surface area is 148 Å². The van der Waals surface area contributed by atoms with Crippen molar-refractivity contribution in [1.82, 2.24) is 14.9 Å². The summed E-state index contributed by atoms with van der Waals surface area (Å²) in [5.74, 6) is 0.962. The highest BCUT2D eigenvalue weighted by molar-refractivity contribution is 5.75. The second-order valence-corrected chi connectivity index (χ2v) is 6.84. The van der Waals surface area contributed by atoms with Crippen molar-refractivity contribution in [3.8, 4) is 0 Å². The lowest BCUT2D eigenvalue weighted by Crippen LogP contribution is -2.44. The molecule has 1 aromatic heterocycles. The predicted octanol–water partition coefficient (Wildman–Crippen LogP) is 3.49. The van der Waals surface area contributed by atoms with Gasteiger partial charge >= 0.3 is 0 Å². The van der Waals surface area contributed by atoms with Gasteiger partial charge in [0.05, 0.1) is 17.1 Å². The molecule has 1 atom stereocenters. The molecule has 0 bridgehead atoms. The van der Waals surface area contributed by atoms with Gasteiger partial charge in [0, 0.05) is 37.6 Å². The smallest absolute Gasteiger partial charge is 0.129 e. The first-order chi connectivity index (χ1) is 12.2. The van der Waals surface area contributed by atoms with Crippen molar-refractivity contribution in [3.05, 3.63) is 54.4 Å². The molecule has 0 spiro atoms. The summed E-state index contributed by atoms with van der Waals surface area (Å²) in [7, 11) is 2.18. The van der Waals surface area contributed by atoms with E-state index in [1.165, 1.54) is 5.69 Å². The minimum absolute atomic E-state index is 0.127. The minimum Gasteiger partial charge on any atom is -0.375 e. The lowest BCUT2D eigenvalue weighted by molar-refractivity contribution is 0.313. The number of aromatic nitrogens is 2. The highest BCUT2D eigenvalue weighted by Crippen LogP contribution is 2.23. The van der Waals surface area contributed by atoms with Gasteiger partial charge in [0.25, 0.3) is 0 Å². The van der Waals surface area contributed by atoms with Crippen molar-refractivity contribution in [2.24, 2.45) is 0 Å². The molecule has 2 heterocycles. The van der Waals surface area contributed by atoms with E-state index in [4.69, 9.17) is 0 Å². The number of H-pyrrole nitrogens is 1. The van der Waals surface area contributed by atoms with Crippen LogP contribution in [0.3, 0.4) is 0 Å². The molecule has 0 radical (unpaired) electrons. The number of hydrogen-bond acceptors (Lipinski definition) is 4. The fourth-order valence-corrected chi connectivity index (χ4v) is 3.33. The number of nitrogens with zero attached hydrogens (tertiary/aromatic N) is 3. The summed E-state index contributed by atoms with van der Waals surface area (Å²) in [5, 5.41) is 3.54. The van der Waals surface area contributed by atoms with Crippen LogP contribution in [0.15, 0.2) is 48.5 Å². The van der Waals surface area contributed by atoms with Crippen molar-refractivity contribution in [2.75, 3.05) is 43.4 Å². The lowest BCUT2D eigenvalue weighted by atomic mass is 10.2. The summed E-state index contributed by atoms with van der Waals surface area (Å²) < 4.78 is 0. The Bertz CT molecular complexity index is 798. The Hall–Kier alpha value is -2.53. The number of aromatic amines is 1. The van der Waals surface area contributed by atoms with E-state index in [1.807, 2.05) is 18.2 Å². The molecule has 2 N–H and O–H groups in total. The van der Waals surface area contributed by atoms with Crippen LogP contribution in [0.25, 0.3) is 11.0 Å². The quantitative estimate of drug-likeness (QED) is 0.766. The van der Waals surface area contributed by atoms with Gasteiger partial charge in [0.1, 0.15) is 5.82 Å². The Morgan fingerprint density at radius 2 is 1.72 bits per heavy atom. The molecule has 5 nitrogen and oxygen atoms in total. The fraction of sp³-hybridized carbons (Fsp3) is 0.350. The van der Waals surface area contributed by atoms with Gasteiger partial charge < -0.3 is 20.1 Å². The Kier molecular flexibility index (Phi) is 4.32.